The molecule has 4 saturated carbocycles. The first kappa shape index (κ1) is 25.3. The highest BCUT2D eigenvalue weighted by atomic mass is 16.6. The molecule has 4 aliphatic carbocycles. The minimum Gasteiger partial charge on any atom is -0.459 e. The molecule has 7 nitrogen and oxygen atoms in total. The fourth-order valence-electron chi connectivity index (χ4n) is 10.4. The number of esters is 1. The normalized spacial score (nSPS) is 57.6. The average molecular weight is 505 g/mol. The van der Waals surface area contributed by atoms with Crippen LogP contribution >= 0.6 is 0 Å². The van der Waals surface area contributed by atoms with Crippen LogP contribution in [0, 0.1) is 46.3 Å². The van der Waals surface area contributed by atoms with Gasteiger partial charge in [-0.1, -0.05) is 20.8 Å². The molecular formula is C29H44O7. The second kappa shape index (κ2) is 7.77. The summed E-state index contributed by atoms with van der Waals surface area (Å²) in [7, 11) is 1.56. The zero-order chi connectivity index (χ0) is 26.0. The minimum atomic E-state index is -1.10. The zero-order valence-electron chi connectivity index (χ0n) is 22.7. The molecule has 6 rings (SSSR count). The van der Waals surface area contributed by atoms with Crippen LogP contribution in [0.5, 0.6) is 0 Å². The van der Waals surface area contributed by atoms with Crippen molar-refractivity contribution < 1.29 is 34.0 Å². The predicted octanol–water partition coefficient (Wildman–Crippen LogP) is 3.28. The van der Waals surface area contributed by atoms with Gasteiger partial charge < -0.3 is 24.4 Å². The first-order valence-electron chi connectivity index (χ1n) is 14.2. The van der Waals surface area contributed by atoms with Gasteiger partial charge >= 0.3 is 5.97 Å². The SMILES string of the molecule is CO[C@H]1CC(=O)[C@]2(C)[C@H]3CC[C@]4(C)[C@@H]([C@@](C)(O)[C@H]5C[C@H](C)[C@@H](C)C(=O)O5)CC[C@H]4[C@@H]3C[C@H]3O[C@]32[C@H]1O. The van der Waals surface area contributed by atoms with Gasteiger partial charge in [-0.3, -0.25) is 9.59 Å². The van der Waals surface area contributed by atoms with E-state index < -0.39 is 34.9 Å². The number of hydrogen-bond donors (Lipinski definition) is 2. The summed E-state index contributed by atoms with van der Waals surface area (Å²) in [5.41, 5.74) is -2.71. The van der Waals surface area contributed by atoms with Crippen molar-refractivity contribution >= 4 is 11.8 Å². The van der Waals surface area contributed by atoms with Crippen LogP contribution in [0.15, 0.2) is 0 Å². The summed E-state index contributed by atoms with van der Waals surface area (Å²) in [6.45, 7) is 10.3. The Hall–Kier alpha value is -1.02. The van der Waals surface area contributed by atoms with Crippen molar-refractivity contribution in [2.75, 3.05) is 7.11 Å². The third kappa shape index (κ3) is 2.89. The molecule has 202 valence electrons. The Morgan fingerprint density at radius 1 is 1.08 bits per heavy atom. The van der Waals surface area contributed by atoms with E-state index in [1.165, 1.54) is 0 Å². The van der Waals surface area contributed by atoms with Crippen molar-refractivity contribution in [1.82, 2.24) is 0 Å². The topological polar surface area (TPSA) is 106 Å². The van der Waals surface area contributed by atoms with E-state index in [-0.39, 0.29) is 53.4 Å². The number of aliphatic hydroxyl groups is 2. The Morgan fingerprint density at radius 3 is 2.47 bits per heavy atom. The Kier molecular flexibility index (Phi) is 5.45. The van der Waals surface area contributed by atoms with Crippen LogP contribution in [0.25, 0.3) is 0 Å². The van der Waals surface area contributed by atoms with Crippen molar-refractivity contribution in [1.29, 1.82) is 0 Å². The summed E-state index contributed by atoms with van der Waals surface area (Å²) in [4.78, 5) is 26.2. The molecule has 6 aliphatic rings. The van der Waals surface area contributed by atoms with Gasteiger partial charge in [0.1, 0.15) is 29.2 Å². The van der Waals surface area contributed by atoms with Gasteiger partial charge in [-0.05, 0) is 87.4 Å². The number of rotatable bonds is 3. The van der Waals surface area contributed by atoms with E-state index in [1.54, 1.807) is 7.11 Å². The number of carbonyl (C=O) groups is 2. The Morgan fingerprint density at radius 2 is 1.81 bits per heavy atom. The second-order valence-electron chi connectivity index (χ2n) is 13.9. The van der Waals surface area contributed by atoms with Gasteiger partial charge in [-0.15, -0.1) is 0 Å². The number of hydrogen-bond acceptors (Lipinski definition) is 7. The summed E-state index contributed by atoms with van der Waals surface area (Å²) < 4.78 is 17.7. The molecular weight excluding hydrogens is 460 g/mol. The van der Waals surface area contributed by atoms with Crippen LogP contribution in [0.3, 0.4) is 0 Å². The number of fused-ring (bicyclic) bond motifs is 4. The van der Waals surface area contributed by atoms with E-state index in [1.807, 2.05) is 13.8 Å². The lowest BCUT2D eigenvalue weighted by Gasteiger charge is -2.60. The Balaban J connectivity index is 1.29. The van der Waals surface area contributed by atoms with E-state index >= 15 is 0 Å². The van der Waals surface area contributed by atoms with Gasteiger partial charge in [-0.25, -0.2) is 0 Å². The van der Waals surface area contributed by atoms with E-state index in [0.29, 0.717) is 18.3 Å². The van der Waals surface area contributed by atoms with Gasteiger partial charge in [-0.2, -0.15) is 0 Å². The summed E-state index contributed by atoms with van der Waals surface area (Å²) in [5.74, 6) is 0.883. The molecule has 7 heteroatoms. The van der Waals surface area contributed by atoms with Crippen LogP contribution in [0.4, 0.5) is 0 Å². The van der Waals surface area contributed by atoms with Crippen molar-refractivity contribution in [3.8, 4) is 0 Å². The van der Waals surface area contributed by atoms with E-state index in [4.69, 9.17) is 14.2 Å². The molecule has 2 saturated heterocycles. The smallest absolute Gasteiger partial charge is 0.309 e. The van der Waals surface area contributed by atoms with Crippen LogP contribution in [0.2, 0.25) is 0 Å². The molecule has 0 aromatic carbocycles. The molecule has 2 heterocycles. The van der Waals surface area contributed by atoms with Crippen LogP contribution < -0.4 is 0 Å². The lowest BCUT2D eigenvalue weighted by molar-refractivity contribution is -0.205. The van der Waals surface area contributed by atoms with Gasteiger partial charge in [0.25, 0.3) is 0 Å². The first-order valence-corrected chi connectivity index (χ1v) is 14.2. The van der Waals surface area contributed by atoms with E-state index in [0.717, 1.165) is 32.1 Å². The molecule has 0 radical (unpaired) electrons. The Bertz CT molecular complexity index is 963. The third-order valence-corrected chi connectivity index (χ3v) is 12.7. The number of cyclic esters (lactones) is 1. The monoisotopic (exact) mass is 504 g/mol. The highest BCUT2D eigenvalue weighted by molar-refractivity contribution is 5.89. The fraction of sp³-hybridized carbons (Fsp3) is 0.931. The van der Waals surface area contributed by atoms with Crippen LogP contribution in [0.1, 0.15) is 79.6 Å². The lowest BCUT2D eigenvalue weighted by Crippen LogP contribution is -2.68. The van der Waals surface area contributed by atoms with Crippen molar-refractivity contribution in [3.63, 3.8) is 0 Å². The molecule has 0 bridgehead atoms. The molecule has 2 aliphatic heterocycles. The highest BCUT2D eigenvalue weighted by Crippen LogP contribution is 2.74. The maximum atomic E-state index is 13.7. The second-order valence-corrected chi connectivity index (χ2v) is 13.9. The number of carbonyl (C=O) groups excluding carboxylic acids is 2. The first-order chi connectivity index (χ1) is 16.8. The summed E-state index contributed by atoms with van der Waals surface area (Å²) in [5, 5.41) is 23.2. The predicted molar refractivity (Wildman–Crippen MR) is 131 cm³/mol. The summed E-state index contributed by atoms with van der Waals surface area (Å²) >= 11 is 0. The van der Waals surface area contributed by atoms with Gasteiger partial charge in [0.2, 0.25) is 0 Å². The minimum absolute atomic E-state index is 0.0273. The van der Waals surface area contributed by atoms with Crippen molar-refractivity contribution in [2.45, 2.75) is 115 Å². The molecule has 6 fully saturated rings. The highest BCUT2D eigenvalue weighted by Gasteiger charge is 2.82. The van der Waals surface area contributed by atoms with Crippen LogP contribution in [-0.4, -0.2) is 64.7 Å². The van der Waals surface area contributed by atoms with Crippen molar-refractivity contribution in [2.24, 2.45) is 46.3 Å². The third-order valence-electron chi connectivity index (χ3n) is 12.7. The number of methoxy groups -OCH3 is 1. The molecule has 0 unspecified atom stereocenters. The Labute approximate surface area is 214 Å². The zero-order valence-corrected chi connectivity index (χ0v) is 22.7. The van der Waals surface area contributed by atoms with E-state index in [9.17, 15) is 19.8 Å². The molecule has 2 N–H and O–H groups in total. The molecule has 0 aromatic heterocycles. The number of aliphatic hydroxyl groups excluding tert-OH is 1. The number of ether oxygens (including phenoxy) is 3. The maximum Gasteiger partial charge on any atom is 0.309 e. The van der Waals surface area contributed by atoms with Crippen molar-refractivity contribution in [3.05, 3.63) is 0 Å². The van der Waals surface area contributed by atoms with Crippen LogP contribution in [-0.2, 0) is 23.8 Å². The number of Topliss-reactive ketones (excluding diaryl/α,β-unsaturated/α-hetero) is 1. The quantitative estimate of drug-likeness (QED) is 0.449. The summed E-state index contributed by atoms with van der Waals surface area (Å²) in [6, 6.07) is 0. The maximum absolute atomic E-state index is 13.7. The molecule has 0 aromatic rings. The standard InChI is InChI=1S/C29H44O7/c1-14-11-22(35-25(32)15(14)2)28(5,33)20-8-7-17-16-12-23-29(36-23)24(31)19(34-6)13-21(30)27(29,4)18(16)9-10-26(17,20)3/h14-20,22-24,31,33H,7-13H2,1-6H3/t14-,15+,16-,17-,18-,19-,20-,22+,23+,24-,26-,27-,28+,29-/m0/s1. The molecule has 0 amide bonds. The van der Waals surface area contributed by atoms with E-state index in [2.05, 4.69) is 20.8 Å². The summed E-state index contributed by atoms with van der Waals surface area (Å²) in [6.07, 6.45) is 3.56. The molecule has 14 atom stereocenters. The van der Waals surface area contributed by atoms with Gasteiger partial charge in [0.15, 0.2) is 0 Å². The van der Waals surface area contributed by atoms with Gasteiger partial charge in [0.05, 0.1) is 23.5 Å². The molecule has 1 spiro atoms. The fourth-order valence-corrected chi connectivity index (χ4v) is 10.4. The largest absolute Gasteiger partial charge is 0.459 e. The average Bonchev–Trinajstić information content (AvgIpc) is 3.45. The number of ketones is 1. The molecule has 36 heavy (non-hydrogen) atoms. The number of epoxide rings is 1. The lowest BCUT2D eigenvalue weighted by atomic mass is 9.43. The van der Waals surface area contributed by atoms with Gasteiger partial charge in [0, 0.05) is 13.5 Å².